The van der Waals surface area contributed by atoms with Crippen LogP contribution < -0.4 is 0 Å². The lowest BCUT2D eigenvalue weighted by Gasteiger charge is -2.45. The lowest BCUT2D eigenvalue weighted by molar-refractivity contribution is -0.359. The van der Waals surface area contributed by atoms with Crippen LogP contribution in [-0.2, 0) is 18.9 Å². The van der Waals surface area contributed by atoms with Gasteiger partial charge in [0.2, 0.25) is 0 Å². The molecule has 0 amide bonds. The van der Waals surface area contributed by atoms with Crippen LogP contribution in [0.25, 0.3) is 0 Å². The zero-order valence-electron chi connectivity index (χ0n) is 13.7. The summed E-state index contributed by atoms with van der Waals surface area (Å²) in [5, 5.41) is 68.4. The van der Waals surface area contributed by atoms with Crippen molar-refractivity contribution in [1.29, 1.82) is 0 Å². The molecule has 0 unspecified atom stereocenters. The number of aliphatic hydroxyl groups is 7. The molecule has 0 aromatic carbocycles. The molecular weight excluding hydrogens is 344 g/mol. The van der Waals surface area contributed by atoms with Crippen molar-refractivity contribution in [2.45, 2.75) is 68.3 Å². The Kier molecular flexibility index (Phi) is 7.49. The van der Waals surface area contributed by atoms with Gasteiger partial charge in [0.15, 0.2) is 12.6 Å². The van der Waals surface area contributed by atoms with Gasteiger partial charge in [0, 0.05) is 6.61 Å². The molecule has 11 heteroatoms. The van der Waals surface area contributed by atoms with Crippen molar-refractivity contribution < 1.29 is 54.7 Å². The van der Waals surface area contributed by atoms with Gasteiger partial charge in [-0.15, -0.1) is 0 Å². The van der Waals surface area contributed by atoms with Crippen LogP contribution in [0.3, 0.4) is 0 Å². The highest BCUT2D eigenvalue weighted by Gasteiger charge is 2.50. The fourth-order valence-corrected chi connectivity index (χ4v) is 2.86. The number of aliphatic hydroxyl groups excluding tert-OH is 7. The summed E-state index contributed by atoms with van der Waals surface area (Å²) in [6.07, 6.45) is -14.3. The lowest BCUT2D eigenvalue weighted by Crippen LogP contribution is -2.64. The molecule has 0 aromatic heterocycles. The first-order valence-corrected chi connectivity index (χ1v) is 8.05. The van der Waals surface area contributed by atoms with E-state index in [1.165, 1.54) is 0 Å². The number of rotatable bonds is 6. The molecule has 0 radical (unpaired) electrons. The molecule has 2 aliphatic rings. The molecule has 0 aromatic rings. The maximum Gasteiger partial charge on any atom is 0.187 e. The zero-order chi connectivity index (χ0) is 18.7. The van der Waals surface area contributed by atoms with E-state index in [1.807, 2.05) is 0 Å². The van der Waals surface area contributed by atoms with E-state index in [-0.39, 0.29) is 6.61 Å². The first-order valence-electron chi connectivity index (χ1n) is 8.05. The maximum atomic E-state index is 10.2. The molecule has 0 bridgehead atoms. The first kappa shape index (κ1) is 20.9. The van der Waals surface area contributed by atoms with Crippen LogP contribution in [0.5, 0.6) is 0 Å². The number of hydrogen-bond donors (Lipinski definition) is 7. The molecule has 148 valence electrons. The van der Waals surface area contributed by atoms with E-state index in [9.17, 15) is 35.7 Å². The summed E-state index contributed by atoms with van der Waals surface area (Å²) in [4.78, 5) is 0. The topological polar surface area (TPSA) is 179 Å². The molecule has 10 atom stereocenters. The second kappa shape index (κ2) is 8.97. The van der Waals surface area contributed by atoms with E-state index >= 15 is 0 Å². The van der Waals surface area contributed by atoms with E-state index in [0.29, 0.717) is 0 Å². The van der Waals surface area contributed by atoms with Gasteiger partial charge in [-0.2, -0.15) is 0 Å². The summed E-state index contributed by atoms with van der Waals surface area (Å²) in [5.41, 5.74) is 0. The smallest absolute Gasteiger partial charge is 0.187 e. The molecule has 2 heterocycles. The summed E-state index contributed by atoms with van der Waals surface area (Å²) in [6, 6.07) is 0. The van der Waals surface area contributed by atoms with Crippen molar-refractivity contribution in [3.63, 3.8) is 0 Å². The minimum absolute atomic E-state index is 0.199. The van der Waals surface area contributed by atoms with Crippen molar-refractivity contribution in [3.05, 3.63) is 0 Å². The summed E-state index contributed by atoms with van der Waals surface area (Å²) in [7, 11) is 0. The van der Waals surface area contributed by atoms with Crippen LogP contribution in [-0.4, -0.2) is 117 Å². The van der Waals surface area contributed by atoms with Gasteiger partial charge >= 0.3 is 0 Å². The average molecular weight is 370 g/mol. The number of hydrogen-bond acceptors (Lipinski definition) is 11. The fourth-order valence-electron chi connectivity index (χ4n) is 2.86. The monoisotopic (exact) mass is 370 g/mol. The third kappa shape index (κ3) is 4.28. The highest BCUT2D eigenvalue weighted by molar-refractivity contribution is 4.93. The van der Waals surface area contributed by atoms with Crippen LogP contribution >= 0.6 is 0 Å². The van der Waals surface area contributed by atoms with Crippen LogP contribution in [0.1, 0.15) is 6.92 Å². The Morgan fingerprint density at radius 2 is 1.28 bits per heavy atom. The molecule has 0 saturated carbocycles. The third-order valence-electron chi connectivity index (χ3n) is 4.29. The van der Waals surface area contributed by atoms with Crippen molar-refractivity contribution >= 4 is 0 Å². The van der Waals surface area contributed by atoms with Crippen molar-refractivity contribution in [2.75, 3.05) is 19.8 Å². The Bertz CT molecular complexity index is 406. The molecule has 25 heavy (non-hydrogen) atoms. The Morgan fingerprint density at radius 3 is 1.84 bits per heavy atom. The van der Waals surface area contributed by atoms with Gasteiger partial charge in [-0.3, -0.25) is 0 Å². The van der Waals surface area contributed by atoms with E-state index in [1.54, 1.807) is 6.92 Å². The molecule has 0 spiro atoms. The summed E-state index contributed by atoms with van der Waals surface area (Å²) >= 11 is 0. The van der Waals surface area contributed by atoms with Crippen LogP contribution in [0, 0.1) is 0 Å². The molecule has 11 nitrogen and oxygen atoms in total. The van der Waals surface area contributed by atoms with Gasteiger partial charge in [-0.25, -0.2) is 0 Å². The first-order chi connectivity index (χ1) is 11.8. The van der Waals surface area contributed by atoms with Crippen LogP contribution in [0.4, 0.5) is 0 Å². The summed E-state index contributed by atoms with van der Waals surface area (Å²) in [5.74, 6) is 0. The zero-order valence-corrected chi connectivity index (χ0v) is 13.7. The number of ether oxygens (including phenoxy) is 4. The van der Waals surface area contributed by atoms with Gasteiger partial charge in [0.05, 0.1) is 13.2 Å². The Labute approximate surface area is 143 Å². The van der Waals surface area contributed by atoms with Gasteiger partial charge in [-0.1, -0.05) is 0 Å². The molecular formula is C14H26O11. The van der Waals surface area contributed by atoms with E-state index in [0.717, 1.165) is 0 Å². The normalized spacial score (nSPS) is 48.5. The van der Waals surface area contributed by atoms with Gasteiger partial charge in [0.25, 0.3) is 0 Å². The Balaban J connectivity index is 2.11. The van der Waals surface area contributed by atoms with E-state index in [2.05, 4.69) is 0 Å². The van der Waals surface area contributed by atoms with Gasteiger partial charge in [0.1, 0.15) is 48.8 Å². The summed E-state index contributed by atoms with van der Waals surface area (Å²) < 4.78 is 21.1. The quantitative estimate of drug-likeness (QED) is 0.240. The molecule has 2 rings (SSSR count). The summed E-state index contributed by atoms with van der Waals surface area (Å²) in [6.45, 7) is 0.625. The highest BCUT2D eigenvalue weighted by Crippen LogP contribution is 2.29. The second-order valence-corrected chi connectivity index (χ2v) is 5.96. The molecule has 2 saturated heterocycles. The Morgan fingerprint density at radius 1 is 0.720 bits per heavy atom. The third-order valence-corrected chi connectivity index (χ3v) is 4.29. The molecule has 7 N–H and O–H groups in total. The minimum Gasteiger partial charge on any atom is -0.394 e. The molecule has 0 aliphatic carbocycles. The SMILES string of the molecule is CCO[C@@H]1O[C@H](CO)[C@@H](O[C@@H]2O[C@H](CO)[C@@H](O)[C@H](O)[C@H]2O)[C@H](O)[C@H]1O. The predicted molar refractivity (Wildman–Crippen MR) is 78.0 cm³/mol. The standard InChI is InChI=1S/C14H26O11/c1-2-22-13-11(21)9(19)12(6(4-16)24-13)25-14-10(20)8(18)7(17)5(3-15)23-14/h5-21H,2-4H2,1H3/t5-,6-,7-,8+,9-,10-,11-,12-,13-,14+/m1/s1. The fraction of sp³-hybridized carbons (Fsp3) is 1.00. The van der Waals surface area contributed by atoms with Crippen LogP contribution in [0.15, 0.2) is 0 Å². The average Bonchev–Trinajstić information content (AvgIpc) is 2.61. The van der Waals surface area contributed by atoms with Crippen molar-refractivity contribution in [3.8, 4) is 0 Å². The van der Waals surface area contributed by atoms with Crippen molar-refractivity contribution in [1.82, 2.24) is 0 Å². The largest absolute Gasteiger partial charge is 0.394 e. The second-order valence-electron chi connectivity index (χ2n) is 5.96. The Hall–Kier alpha value is -0.440. The highest BCUT2D eigenvalue weighted by atomic mass is 16.7. The van der Waals surface area contributed by atoms with E-state index < -0.39 is 74.6 Å². The lowest BCUT2D eigenvalue weighted by atomic mass is 9.97. The van der Waals surface area contributed by atoms with Gasteiger partial charge < -0.3 is 54.7 Å². The molecule has 2 aliphatic heterocycles. The van der Waals surface area contributed by atoms with Crippen molar-refractivity contribution in [2.24, 2.45) is 0 Å². The minimum atomic E-state index is -1.69. The van der Waals surface area contributed by atoms with Gasteiger partial charge in [-0.05, 0) is 6.92 Å². The predicted octanol–water partition coefficient (Wildman–Crippen LogP) is -4.35. The maximum absolute atomic E-state index is 10.2. The molecule has 2 fully saturated rings. The van der Waals surface area contributed by atoms with Crippen LogP contribution in [0.2, 0.25) is 0 Å². The van der Waals surface area contributed by atoms with E-state index in [4.69, 9.17) is 18.9 Å².